The SMILES string of the molecule is CC(O)CC1CNC(=O)c2cc(-c3ccnc(N)n3)[nH]c21. The molecule has 2 atom stereocenters. The first kappa shape index (κ1) is 13.6. The van der Waals surface area contributed by atoms with E-state index in [0.717, 1.165) is 11.4 Å². The first-order valence-corrected chi connectivity index (χ1v) is 6.82. The lowest BCUT2D eigenvalue weighted by atomic mass is 9.92. The number of aliphatic hydroxyl groups excluding tert-OH is 1. The number of hydrogen-bond donors (Lipinski definition) is 4. The number of hydrogen-bond acceptors (Lipinski definition) is 5. The van der Waals surface area contributed by atoms with Crippen LogP contribution in [0.25, 0.3) is 11.4 Å². The summed E-state index contributed by atoms with van der Waals surface area (Å²) in [6.45, 7) is 2.26. The number of nitrogens with one attached hydrogen (secondary N) is 2. The predicted octanol–water partition coefficient (Wildman–Crippen LogP) is 0.652. The first-order valence-electron chi connectivity index (χ1n) is 6.82. The average Bonchev–Trinajstić information content (AvgIpc) is 2.88. The smallest absolute Gasteiger partial charge is 0.253 e. The van der Waals surface area contributed by atoms with Gasteiger partial charge < -0.3 is 21.1 Å². The van der Waals surface area contributed by atoms with E-state index in [0.29, 0.717) is 24.2 Å². The number of nitrogens with zero attached hydrogens (tertiary/aromatic N) is 2. The van der Waals surface area contributed by atoms with Gasteiger partial charge in [-0.05, 0) is 25.5 Å². The summed E-state index contributed by atoms with van der Waals surface area (Å²) in [7, 11) is 0. The number of carbonyl (C=O) groups excluding carboxylic acids is 1. The second kappa shape index (κ2) is 5.17. The van der Waals surface area contributed by atoms with Crippen LogP contribution in [0.3, 0.4) is 0 Å². The van der Waals surface area contributed by atoms with Crippen LogP contribution in [0.5, 0.6) is 0 Å². The Morgan fingerprint density at radius 3 is 3.10 bits per heavy atom. The first-order chi connectivity index (χ1) is 10.0. The summed E-state index contributed by atoms with van der Waals surface area (Å²) in [4.78, 5) is 23.2. The van der Waals surface area contributed by atoms with Crippen LogP contribution < -0.4 is 11.1 Å². The highest BCUT2D eigenvalue weighted by atomic mass is 16.3. The van der Waals surface area contributed by atoms with Gasteiger partial charge in [-0.3, -0.25) is 4.79 Å². The van der Waals surface area contributed by atoms with Crippen LogP contribution in [0.4, 0.5) is 5.95 Å². The summed E-state index contributed by atoms with van der Waals surface area (Å²) >= 11 is 0. The predicted molar refractivity (Wildman–Crippen MR) is 77.6 cm³/mol. The molecule has 1 aliphatic heterocycles. The molecule has 0 spiro atoms. The molecular formula is C14H17N5O2. The van der Waals surface area contributed by atoms with Gasteiger partial charge in [0.1, 0.15) is 0 Å². The highest BCUT2D eigenvalue weighted by molar-refractivity contribution is 5.98. The number of aromatic amines is 1. The zero-order chi connectivity index (χ0) is 15.0. The highest BCUT2D eigenvalue weighted by Gasteiger charge is 2.29. The number of fused-ring (bicyclic) bond motifs is 1. The molecule has 2 unspecified atom stereocenters. The van der Waals surface area contributed by atoms with Crippen molar-refractivity contribution in [3.8, 4) is 11.4 Å². The number of anilines is 1. The minimum atomic E-state index is -0.431. The van der Waals surface area contributed by atoms with E-state index in [-0.39, 0.29) is 17.8 Å². The molecule has 1 aliphatic rings. The van der Waals surface area contributed by atoms with Gasteiger partial charge in [-0.25, -0.2) is 9.97 Å². The number of H-pyrrole nitrogens is 1. The van der Waals surface area contributed by atoms with Crippen molar-refractivity contribution in [2.75, 3.05) is 12.3 Å². The van der Waals surface area contributed by atoms with Gasteiger partial charge in [-0.2, -0.15) is 0 Å². The van der Waals surface area contributed by atoms with Crippen molar-refractivity contribution in [2.45, 2.75) is 25.4 Å². The summed E-state index contributed by atoms with van der Waals surface area (Å²) in [6, 6.07) is 3.50. The molecule has 0 saturated carbocycles. The van der Waals surface area contributed by atoms with Crippen LogP contribution in [0.15, 0.2) is 18.3 Å². The molecule has 110 valence electrons. The van der Waals surface area contributed by atoms with E-state index < -0.39 is 6.10 Å². The van der Waals surface area contributed by atoms with Gasteiger partial charge in [0.2, 0.25) is 5.95 Å². The Morgan fingerprint density at radius 2 is 2.38 bits per heavy atom. The van der Waals surface area contributed by atoms with Crippen LogP contribution in [-0.4, -0.2) is 38.6 Å². The van der Waals surface area contributed by atoms with Crippen molar-refractivity contribution in [3.05, 3.63) is 29.6 Å². The molecule has 0 radical (unpaired) electrons. The van der Waals surface area contributed by atoms with Crippen molar-refractivity contribution in [3.63, 3.8) is 0 Å². The molecule has 2 aromatic rings. The molecule has 5 N–H and O–H groups in total. The third kappa shape index (κ3) is 2.59. The fourth-order valence-electron chi connectivity index (χ4n) is 2.67. The number of nitrogens with two attached hydrogens (primary N) is 1. The minimum absolute atomic E-state index is 0.0608. The normalized spacial score (nSPS) is 19.0. The number of aliphatic hydroxyl groups is 1. The van der Waals surface area contributed by atoms with Gasteiger partial charge in [0.25, 0.3) is 5.91 Å². The molecule has 0 aliphatic carbocycles. The molecular weight excluding hydrogens is 270 g/mol. The summed E-state index contributed by atoms with van der Waals surface area (Å²) in [5, 5.41) is 12.4. The van der Waals surface area contributed by atoms with Crippen molar-refractivity contribution in [1.29, 1.82) is 0 Å². The van der Waals surface area contributed by atoms with E-state index in [1.807, 2.05) is 0 Å². The molecule has 3 rings (SSSR count). The monoisotopic (exact) mass is 287 g/mol. The van der Waals surface area contributed by atoms with E-state index >= 15 is 0 Å². The van der Waals surface area contributed by atoms with Gasteiger partial charge in [-0.1, -0.05) is 0 Å². The molecule has 21 heavy (non-hydrogen) atoms. The summed E-state index contributed by atoms with van der Waals surface area (Å²) < 4.78 is 0. The zero-order valence-electron chi connectivity index (χ0n) is 11.6. The zero-order valence-corrected chi connectivity index (χ0v) is 11.6. The van der Waals surface area contributed by atoms with Crippen LogP contribution in [0, 0.1) is 0 Å². The van der Waals surface area contributed by atoms with Crippen LogP contribution in [-0.2, 0) is 0 Å². The summed E-state index contributed by atoms with van der Waals surface area (Å²) in [6.07, 6.45) is 1.73. The Morgan fingerprint density at radius 1 is 1.57 bits per heavy atom. The van der Waals surface area contributed by atoms with Gasteiger partial charge in [-0.15, -0.1) is 0 Å². The van der Waals surface area contributed by atoms with E-state index in [1.165, 1.54) is 0 Å². The van der Waals surface area contributed by atoms with Gasteiger partial charge >= 0.3 is 0 Å². The van der Waals surface area contributed by atoms with E-state index in [2.05, 4.69) is 20.3 Å². The standard InChI is InChI=1S/C14H17N5O2/c1-7(20)4-8-6-17-13(21)9-5-11(18-12(8)9)10-2-3-16-14(15)19-10/h2-3,5,7-8,18,20H,4,6H2,1H3,(H,17,21)(H2,15,16,19). The van der Waals surface area contributed by atoms with E-state index in [4.69, 9.17) is 5.73 Å². The van der Waals surface area contributed by atoms with E-state index in [9.17, 15) is 9.90 Å². The van der Waals surface area contributed by atoms with Crippen LogP contribution in [0.2, 0.25) is 0 Å². The Bertz CT molecular complexity index is 680. The number of nitrogen functional groups attached to an aromatic ring is 1. The lowest BCUT2D eigenvalue weighted by Gasteiger charge is -2.23. The molecule has 0 aromatic carbocycles. The Labute approximate surface area is 121 Å². The maximum absolute atomic E-state index is 12.0. The molecule has 7 nitrogen and oxygen atoms in total. The molecule has 0 bridgehead atoms. The second-order valence-corrected chi connectivity index (χ2v) is 5.30. The summed E-state index contributed by atoms with van der Waals surface area (Å²) in [5.41, 5.74) is 8.39. The molecule has 2 aromatic heterocycles. The Balaban J connectivity index is 2.01. The Kier molecular flexibility index (Phi) is 3.34. The third-order valence-corrected chi connectivity index (χ3v) is 3.59. The molecule has 7 heteroatoms. The quantitative estimate of drug-likeness (QED) is 0.661. The van der Waals surface area contributed by atoms with Crippen molar-refractivity contribution in [1.82, 2.24) is 20.3 Å². The lowest BCUT2D eigenvalue weighted by Crippen LogP contribution is -2.35. The maximum atomic E-state index is 12.0. The number of amides is 1. The van der Waals surface area contributed by atoms with Crippen molar-refractivity contribution in [2.24, 2.45) is 0 Å². The average molecular weight is 287 g/mol. The Hall–Kier alpha value is -2.41. The summed E-state index contributed by atoms with van der Waals surface area (Å²) in [5.74, 6) is 0.132. The second-order valence-electron chi connectivity index (χ2n) is 5.30. The number of carbonyl (C=O) groups is 1. The fourth-order valence-corrected chi connectivity index (χ4v) is 2.67. The largest absolute Gasteiger partial charge is 0.393 e. The topological polar surface area (TPSA) is 117 Å². The van der Waals surface area contributed by atoms with Gasteiger partial charge in [0.05, 0.1) is 23.1 Å². The lowest BCUT2D eigenvalue weighted by molar-refractivity contribution is 0.0930. The minimum Gasteiger partial charge on any atom is -0.393 e. The maximum Gasteiger partial charge on any atom is 0.253 e. The number of aromatic nitrogens is 3. The van der Waals surface area contributed by atoms with Crippen LogP contribution in [0.1, 0.15) is 35.3 Å². The molecule has 3 heterocycles. The molecule has 1 amide bonds. The van der Waals surface area contributed by atoms with Gasteiger partial charge in [0.15, 0.2) is 0 Å². The molecule has 0 fully saturated rings. The van der Waals surface area contributed by atoms with E-state index in [1.54, 1.807) is 25.3 Å². The van der Waals surface area contributed by atoms with Crippen molar-refractivity contribution < 1.29 is 9.90 Å². The fraction of sp³-hybridized carbons (Fsp3) is 0.357. The molecule has 0 saturated heterocycles. The highest BCUT2D eigenvalue weighted by Crippen LogP contribution is 2.30. The van der Waals surface area contributed by atoms with Crippen molar-refractivity contribution >= 4 is 11.9 Å². The van der Waals surface area contributed by atoms with Gasteiger partial charge in [0, 0.05) is 24.4 Å². The van der Waals surface area contributed by atoms with Crippen LogP contribution >= 0.6 is 0 Å². The number of rotatable bonds is 3. The third-order valence-electron chi connectivity index (χ3n) is 3.59.